The Morgan fingerprint density at radius 3 is 0.556 bits per heavy atom. The van der Waals surface area contributed by atoms with E-state index in [0.717, 1.165) is 0 Å². The fourth-order valence-corrected chi connectivity index (χ4v) is 3.79. The Labute approximate surface area is 283 Å². The third-order valence-corrected chi connectivity index (χ3v) is 6.31. The van der Waals surface area contributed by atoms with Gasteiger partial charge in [-0.15, -0.1) is 0 Å². The monoisotopic (exact) mass is 676 g/mol. The second-order valence-electron chi connectivity index (χ2n) is 9.98. The first-order valence-corrected chi connectivity index (χ1v) is 15.5. The number of aliphatic carboxylic acids is 4. The average molecular weight is 677 g/mol. The number of carbonyl (C=O) groups excluding carboxylic acids is 8. The van der Waals surface area contributed by atoms with Gasteiger partial charge in [-0.3, -0.25) is 19.2 Å². The van der Waals surface area contributed by atoms with Gasteiger partial charge < -0.3 is 39.6 Å². The average Bonchev–Trinajstić information content (AvgIpc) is 2.91. The van der Waals surface area contributed by atoms with Crippen LogP contribution in [0.25, 0.3) is 0 Å². The van der Waals surface area contributed by atoms with Crippen molar-refractivity contribution in [1.29, 1.82) is 0 Å². The van der Waals surface area contributed by atoms with E-state index in [1.54, 1.807) is 27.7 Å². The molecule has 0 bridgehead atoms. The van der Waals surface area contributed by atoms with E-state index in [0.29, 0.717) is 77.0 Å². The molecule has 0 rings (SSSR count). The van der Waals surface area contributed by atoms with Crippen molar-refractivity contribution in [1.82, 2.24) is 0 Å². The maximum absolute atomic E-state index is 11.0. The SMILES string of the molecule is CCCC(=O)C(CC)C(=O)[O-].CCCC(=O)C(CC)C(=O)[O-].CCCC(=O)C(CC)C(=O)[O-].CCCC(=O)C(CC)C(=O)[O-].[Ti+4]. The molecule has 0 saturated carbocycles. The molecule has 0 radical (unpaired) electrons. The van der Waals surface area contributed by atoms with Gasteiger partial charge in [0, 0.05) is 25.7 Å². The molecule has 0 fully saturated rings. The Hall–Kier alpha value is -2.73. The molecule has 0 spiro atoms. The van der Waals surface area contributed by atoms with Crippen molar-refractivity contribution in [3.63, 3.8) is 0 Å². The molecule has 0 aromatic rings. The molecule has 13 heteroatoms. The molecule has 0 aromatic carbocycles. The summed E-state index contributed by atoms with van der Waals surface area (Å²) in [6.45, 7) is 14.1. The molecule has 12 nitrogen and oxygen atoms in total. The van der Waals surface area contributed by atoms with Crippen molar-refractivity contribution in [2.24, 2.45) is 23.7 Å². The van der Waals surface area contributed by atoms with Gasteiger partial charge in [0.2, 0.25) is 0 Å². The molecule has 45 heavy (non-hydrogen) atoms. The minimum Gasteiger partial charge on any atom is -0.549 e. The van der Waals surface area contributed by atoms with E-state index in [2.05, 4.69) is 0 Å². The molecular weight excluding hydrogens is 624 g/mol. The van der Waals surface area contributed by atoms with Crippen LogP contribution in [0, 0.1) is 23.7 Å². The largest absolute Gasteiger partial charge is 4.00 e. The predicted molar refractivity (Wildman–Crippen MR) is 155 cm³/mol. The number of carbonyl (C=O) groups is 8. The van der Waals surface area contributed by atoms with Crippen LogP contribution in [-0.4, -0.2) is 47.0 Å². The van der Waals surface area contributed by atoms with Gasteiger partial charge >= 0.3 is 21.7 Å². The van der Waals surface area contributed by atoms with Crippen molar-refractivity contribution in [3.05, 3.63) is 0 Å². The number of hydrogen-bond acceptors (Lipinski definition) is 12. The number of carboxylic acid groups (broad SMARTS) is 4. The maximum Gasteiger partial charge on any atom is 4.00 e. The smallest absolute Gasteiger partial charge is 0.549 e. The van der Waals surface area contributed by atoms with Crippen molar-refractivity contribution in [2.75, 3.05) is 0 Å². The summed E-state index contributed by atoms with van der Waals surface area (Å²) in [4.78, 5) is 85.2. The van der Waals surface area contributed by atoms with Gasteiger partial charge in [0.1, 0.15) is 23.1 Å². The Morgan fingerprint density at radius 2 is 0.489 bits per heavy atom. The third kappa shape index (κ3) is 26.2. The normalized spacial score (nSPS) is 12.3. The summed E-state index contributed by atoms with van der Waals surface area (Å²) in [6.07, 6.45) is 5.49. The third-order valence-electron chi connectivity index (χ3n) is 6.31. The topological polar surface area (TPSA) is 229 Å². The molecule has 0 aliphatic rings. The quantitative estimate of drug-likeness (QED) is 0.127. The van der Waals surface area contributed by atoms with Gasteiger partial charge in [-0.2, -0.15) is 0 Å². The Kier molecular flexibility index (Phi) is 37.6. The Morgan fingerprint density at radius 1 is 0.356 bits per heavy atom. The Bertz CT molecular complexity index is 757. The van der Waals surface area contributed by atoms with E-state index in [9.17, 15) is 58.8 Å². The molecular formula is C32H52O12Ti. The van der Waals surface area contributed by atoms with E-state index >= 15 is 0 Å². The predicted octanol–water partition coefficient (Wildman–Crippen LogP) is 0.524. The van der Waals surface area contributed by atoms with Gasteiger partial charge in [0.15, 0.2) is 0 Å². The van der Waals surface area contributed by atoms with Crippen LogP contribution in [0.2, 0.25) is 0 Å². The molecule has 0 amide bonds. The maximum atomic E-state index is 11.0. The molecule has 4 atom stereocenters. The molecule has 0 aromatic heterocycles. The number of ketones is 4. The second kappa shape index (κ2) is 32.7. The van der Waals surface area contributed by atoms with Gasteiger partial charge in [-0.25, -0.2) is 0 Å². The summed E-state index contributed by atoms with van der Waals surface area (Å²) in [5.41, 5.74) is 0. The van der Waals surface area contributed by atoms with Crippen molar-refractivity contribution >= 4 is 47.0 Å². The standard InChI is InChI=1S/4C8H14O3.Ti/c4*1-3-5-7(9)6(4-2)8(10)11;/h4*6H,3-5H2,1-2H3,(H,10,11);/q;;;;+4/p-4. The molecule has 0 N–H and O–H groups in total. The number of hydrogen-bond donors (Lipinski definition) is 0. The van der Waals surface area contributed by atoms with Crippen LogP contribution in [0.15, 0.2) is 0 Å². The van der Waals surface area contributed by atoms with Gasteiger partial charge in [-0.1, -0.05) is 55.4 Å². The van der Waals surface area contributed by atoms with E-state index in [1.807, 2.05) is 27.7 Å². The summed E-state index contributed by atoms with van der Waals surface area (Å²) >= 11 is 0. The van der Waals surface area contributed by atoms with Crippen molar-refractivity contribution in [2.45, 2.75) is 132 Å². The molecule has 256 valence electrons. The van der Waals surface area contributed by atoms with Crippen molar-refractivity contribution < 1.29 is 80.5 Å². The van der Waals surface area contributed by atoms with Gasteiger partial charge in [-0.05, 0) is 51.4 Å². The molecule has 0 aliphatic heterocycles. The summed E-state index contributed by atoms with van der Waals surface area (Å²) in [7, 11) is 0. The van der Waals surface area contributed by atoms with Gasteiger partial charge in [0.25, 0.3) is 0 Å². The van der Waals surface area contributed by atoms with E-state index < -0.39 is 47.5 Å². The van der Waals surface area contributed by atoms with E-state index in [1.165, 1.54) is 0 Å². The fourth-order valence-electron chi connectivity index (χ4n) is 3.79. The number of rotatable bonds is 20. The van der Waals surface area contributed by atoms with E-state index in [-0.39, 0.29) is 44.9 Å². The molecule has 0 aliphatic carbocycles. The zero-order valence-corrected chi connectivity index (χ0v) is 29.8. The van der Waals surface area contributed by atoms with Crippen LogP contribution in [0.4, 0.5) is 0 Å². The first-order valence-electron chi connectivity index (χ1n) is 15.5. The molecule has 0 heterocycles. The van der Waals surface area contributed by atoms with Crippen LogP contribution >= 0.6 is 0 Å². The van der Waals surface area contributed by atoms with Crippen LogP contribution in [0.1, 0.15) is 132 Å². The summed E-state index contributed by atoms with van der Waals surface area (Å²) in [5.74, 6) is -9.40. The number of carboxylic acids is 4. The summed E-state index contributed by atoms with van der Waals surface area (Å²) in [5, 5.41) is 41.3. The Balaban J connectivity index is -0.000000157. The first-order chi connectivity index (χ1) is 20.5. The zero-order chi connectivity index (χ0) is 35.4. The second-order valence-corrected chi connectivity index (χ2v) is 9.98. The summed E-state index contributed by atoms with van der Waals surface area (Å²) in [6, 6.07) is 0. The molecule has 0 saturated heterocycles. The minimum absolute atomic E-state index is 0. The van der Waals surface area contributed by atoms with Gasteiger partial charge in [0.05, 0.1) is 47.5 Å². The van der Waals surface area contributed by atoms with Crippen LogP contribution in [0.3, 0.4) is 0 Å². The molecule has 4 unspecified atom stereocenters. The minimum atomic E-state index is -1.24. The van der Waals surface area contributed by atoms with Crippen LogP contribution in [-0.2, 0) is 60.1 Å². The fraction of sp³-hybridized carbons (Fsp3) is 0.750. The van der Waals surface area contributed by atoms with E-state index in [4.69, 9.17) is 0 Å². The first kappa shape index (κ1) is 51.8. The zero-order valence-electron chi connectivity index (χ0n) is 28.2. The van der Waals surface area contributed by atoms with Crippen LogP contribution < -0.4 is 20.4 Å². The van der Waals surface area contributed by atoms with Crippen LogP contribution in [0.5, 0.6) is 0 Å². The van der Waals surface area contributed by atoms with Crippen molar-refractivity contribution in [3.8, 4) is 0 Å². The summed E-state index contributed by atoms with van der Waals surface area (Å²) < 4.78 is 0. The number of Topliss-reactive ketones (excluding diaryl/α,β-unsaturated/α-hetero) is 4.